The zero-order chi connectivity index (χ0) is 21.6. The number of likely N-dealkylation sites (tertiary alicyclic amines) is 1. The van der Waals surface area contributed by atoms with Crippen molar-refractivity contribution >= 4 is 5.96 Å². The molecule has 1 unspecified atom stereocenters. The average Bonchev–Trinajstić information content (AvgIpc) is 3.16. The number of aliphatic imine (C=N–C) groups is 1. The molecule has 0 aromatic heterocycles. The molecule has 1 atom stereocenters. The van der Waals surface area contributed by atoms with Gasteiger partial charge < -0.3 is 19.7 Å². The molecule has 1 aromatic rings. The van der Waals surface area contributed by atoms with Crippen LogP contribution in [0, 0.1) is 5.92 Å². The maximum Gasteiger partial charge on any atom is 0.193 e. The minimum Gasteiger partial charge on any atom is -0.382 e. The molecule has 1 N–H and O–H groups in total. The normalized spacial score (nSPS) is 21.6. The molecule has 2 aliphatic rings. The van der Waals surface area contributed by atoms with Crippen molar-refractivity contribution in [2.24, 2.45) is 10.9 Å². The zero-order valence-corrected chi connectivity index (χ0v) is 19.7. The van der Waals surface area contributed by atoms with E-state index in [4.69, 9.17) is 9.47 Å². The molecule has 3 rings (SSSR count). The fourth-order valence-corrected chi connectivity index (χ4v) is 4.63. The summed E-state index contributed by atoms with van der Waals surface area (Å²) in [6.07, 6.45) is 4.97. The fourth-order valence-electron chi connectivity index (χ4n) is 4.63. The van der Waals surface area contributed by atoms with E-state index in [1.165, 1.54) is 30.4 Å². The molecule has 1 saturated carbocycles. The van der Waals surface area contributed by atoms with Gasteiger partial charge >= 0.3 is 0 Å². The minimum absolute atomic E-state index is 0.200. The van der Waals surface area contributed by atoms with Crippen LogP contribution in [-0.4, -0.2) is 64.5 Å². The number of hydrogen-bond donors (Lipinski definition) is 1. The Morgan fingerprint density at radius 2 is 1.93 bits per heavy atom. The van der Waals surface area contributed by atoms with Gasteiger partial charge in [-0.1, -0.05) is 51.5 Å². The Bertz CT molecular complexity index is 689. The summed E-state index contributed by atoms with van der Waals surface area (Å²) in [4.78, 5) is 6.97. The van der Waals surface area contributed by atoms with Gasteiger partial charge in [0.05, 0.1) is 19.8 Å². The van der Waals surface area contributed by atoms with Crippen molar-refractivity contribution in [1.29, 1.82) is 0 Å². The number of benzene rings is 1. The van der Waals surface area contributed by atoms with E-state index in [2.05, 4.69) is 60.2 Å². The van der Waals surface area contributed by atoms with Crippen molar-refractivity contribution in [2.75, 3.05) is 53.6 Å². The maximum absolute atomic E-state index is 5.74. The summed E-state index contributed by atoms with van der Waals surface area (Å²) in [6.45, 7) is 12.0. The monoisotopic (exact) mass is 415 g/mol. The molecule has 0 amide bonds. The van der Waals surface area contributed by atoms with Gasteiger partial charge in [0.2, 0.25) is 0 Å². The highest BCUT2D eigenvalue weighted by atomic mass is 16.5. The summed E-state index contributed by atoms with van der Waals surface area (Å²) in [5.74, 6) is 1.61. The van der Waals surface area contributed by atoms with E-state index in [9.17, 15) is 0 Å². The van der Waals surface area contributed by atoms with Crippen LogP contribution in [0.1, 0.15) is 57.6 Å². The first-order valence-corrected chi connectivity index (χ1v) is 11.5. The van der Waals surface area contributed by atoms with E-state index < -0.39 is 0 Å². The van der Waals surface area contributed by atoms with Crippen LogP contribution in [0.25, 0.3) is 0 Å². The average molecular weight is 416 g/mol. The molecule has 1 aliphatic heterocycles. The lowest BCUT2D eigenvalue weighted by Gasteiger charge is -2.43. The highest BCUT2D eigenvalue weighted by Crippen LogP contribution is 2.43. The summed E-state index contributed by atoms with van der Waals surface area (Å²) in [6, 6.07) is 9.35. The fraction of sp³-hybridized carbons (Fsp3) is 0.720. The highest BCUT2D eigenvalue weighted by molar-refractivity contribution is 5.80. The Labute approximate surface area is 183 Å². The number of nitrogens with zero attached hydrogens (tertiary/aromatic N) is 2. The lowest BCUT2D eigenvalue weighted by atomic mass is 9.64. The number of nitrogens with one attached hydrogen (secondary N) is 1. The Balaban J connectivity index is 1.55. The van der Waals surface area contributed by atoms with Crippen molar-refractivity contribution in [1.82, 2.24) is 10.2 Å². The summed E-state index contributed by atoms with van der Waals surface area (Å²) in [7, 11) is 3.61. The van der Waals surface area contributed by atoms with Crippen molar-refractivity contribution in [2.45, 2.75) is 57.3 Å². The van der Waals surface area contributed by atoms with Crippen LogP contribution in [0.15, 0.2) is 29.3 Å². The second-order valence-corrected chi connectivity index (χ2v) is 10.0. The van der Waals surface area contributed by atoms with Crippen LogP contribution < -0.4 is 5.32 Å². The van der Waals surface area contributed by atoms with Gasteiger partial charge in [0.25, 0.3) is 0 Å². The SMILES string of the molecule is CN=C(NCC1(c2ccc(C(C)(C)C)cc2)CCC1)N1CCC(COCCOC)C1. The van der Waals surface area contributed by atoms with Gasteiger partial charge in [0, 0.05) is 45.1 Å². The predicted octanol–water partition coefficient (Wildman–Crippen LogP) is 3.97. The minimum atomic E-state index is 0.200. The largest absolute Gasteiger partial charge is 0.382 e. The molecule has 30 heavy (non-hydrogen) atoms. The molecule has 5 heteroatoms. The van der Waals surface area contributed by atoms with Gasteiger partial charge in [-0.05, 0) is 35.8 Å². The molecule has 0 spiro atoms. The molecule has 1 aliphatic carbocycles. The Morgan fingerprint density at radius 3 is 2.50 bits per heavy atom. The standard InChI is InChI=1S/C25H41N3O2/c1-24(2,3)21-7-9-22(10-8-21)25(12-6-13-25)19-27-23(26-4)28-14-11-20(17-28)18-30-16-15-29-5/h7-10,20H,6,11-19H2,1-5H3,(H,26,27). The zero-order valence-electron chi connectivity index (χ0n) is 19.7. The Hall–Kier alpha value is -1.59. The summed E-state index contributed by atoms with van der Waals surface area (Å²) < 4.78 is 10.8. The highest BCUT2D eigenvalue weighted by Gasteiger charge is 2.39. The third-order valence-electron chi connectivity index (χ3n) is 6.84. The van der Waals surface area contributed by atoms with Gasteiger partial charge in [0.15, 0.2) is 5.96 Å². The molecular weight excluding hydrogens is 374 g/mol. The second-order valence-electron chi connectivity index (χ2n) is 10.0. The number of guanidine groups is 1. The van der Waals surface area contributed by atoms with Gasteiger partial charge in [-0.2, -0.15) is 0 Å². The molecule has 2 fully saturated rings. The maximum atomic E-state index is 5.74. The number of ether oxygens (including phenoxy) is 2. The third kappa shape index (κ3) is 5.55. The molecule has 1 aromatic carbocycles. The molecule has 168 valence electrons. The van der Waals surface area contributed by atoms with Crippen LogP contribution >= 0.6 is 0 Å². The summed E-state index contributed by atoms with van der Waals surface area (Å²) in [5, 5.41) is 3.71. The first-order chi connectivity index (χ1) is 14.4. The predicted molar refractivity (Wildman–Crippen MR) is 124 cm³/mol. The van der Waals surface area contributed by atoms with Crippen LogP contribution in [0.3, 0.4) is 0 Å². The van der Waals surface area contributed by atoms with E-state index in [0.29, 0.717) is 19.1 Å². The lowest BCUT2D eigenvalue weighted by molar-refractivity contribution is 0.0536. The summed E-state index contributed by atoms with van der Waals surface area (Å²) in [5.41, 5.74) is 3.32. The van der Waals surface area contributed by atoms with Crippen LogP contribution in [0.5, 0.6) is 0 Å². The summed E-state index contributed by atoms with van der Waals surface area (Å²) >= 11 is 0. The Kier molecular flexibility index (Phi) is 7.81. The second kappa shape index (κ2) is 10.1. The molecule has 0 radical (unpaired) electrons. The first kappa shape index (κ1) is 23.1. The number of methoxy groups -OCH3 is 1. The molecular formula is C25H41N3O2. The van der Waals surface area contributed by atoms with Crippen molar-refractivity contribution in [3.05, 3.63) is 35.4 Å². The quantitative estimate of drug-likeness (QED) is 0.396. The molecule has 1 saturated heterocycles. The number of hydrogen-bond acceptors (Lipinski definition) is 3. The van der Waals surface area contributed by atoms with Crippen molar-refractivity contribution in [3.8, 4) is 0 Å². The van der Waals surface area contributed by atoms with E-state index in [1.54, 1.807) is 7.11 Å². The Morgan fingerprint density at radius 1 is 1.20 bits per heavy atom. The first-order valence-electron chi connectivity index (χ1n) is 11.5. The molecule has 1 heterocycles. The van der Waals surface area contributed by atoms with Crippen molar-refractivity contribution < 1.29 is 9.47 Å². The van der Waals surface area contributed by atoms with Gasteiger partial charge in [-0.25, -0.2) is 0 Å². The van der Waals surface area contributed by atoms with Gasteiger partial charge in [-0.3, -0.25) is 4.99 Å². The lowest BCUT2D eigenvalue weighted by Crippen LogP contribution is -2.49. The van der Waals surface area contributed by atoms with Crippen LogP contribution in [0.2, 0.25) is 0 Å². The third-order valence-corrected chi connectivity index (χ3v) is 6.84. The van der Waals surface area contributed by atoms with Gasteiger partial charge in [-0.15, -0.1) is 0 Å². The van der Waals surface area contributed by atoms with Crippen LogP contribution in [0.4, 0.5) is 0 Å². The number of rotatable bonds is 8. The van der Waals surface area contributed by atoms with E-state index in [1.807, 2.05) is 7.05 Å². The molecule has 5 nitrogen and oxygen atoms in total. The smallest absolute Gasteiger partial charge is 0.193 e. The van der Waals surface area contributed by atoms with E-state index in [-0.39, 0.29) is 10.8 Å². The van der Waals surface area contributed by atoms with Gasteiger partial charge in [0.1, 0.15) is 0 Å². The topological polar surface area (TPSA) is 46.1 Å². The molecule has 0 bridgehead atoms. The van der Waals surface area contributed by atoms with Crippen LogP contribution in [-0.2, 0) is 20.3 Å². The van der Waals surface area contributed by atoms with E-state index >= 15 is 0 Å². The van der Waals surface area contributed by atoms with E-state index in [0.717, 1.165) is 38.6 Å². The van der Waals surface area contributed by atoms with Crippen molar-refractivity contribution in [3.63, 3.8) is 0 Å².